The molecule has 0 amide bonds. The first kappa shape index (κ1) is 14.9. The van der Waals surface area contributed by atoms with Gasteiger partial charge in [-0.05, 0) is 31.9 Å². The first-order chi connectivity index (χ1) is 10.1. The molecule has 1 spiro atoms. The van der Waals surface area contributed by atoms with Gasteiger partial charge in [0.2, 0.25) is 0 Å². The molecule has 1 saturated heterocycles. The van der Waals surface area contributed by atoms with E-state index in [0.29, 0.717) is 0 Å². The van der Waals surface area contributed by atoms with Crippen LogP contribution in [0.2, 0.25) is 0 Å². The summed E-state index contributed by atoms with van der Waals surface area (Å²) in [6, 6.07) is 3.95. The summed E-state index contributed by atoms with van der Waals surface area (Å²) in [6.07, 6.45) is 5.95. The van der Waals surface area contributed by atoms with Crippen molar-refractivity contribution in [1.82, 2.24) is 10.2 Å². The van der Waals surface area contributed by atoms with Gasteiger partial charge in [0.05, 0.1) is 0 Å². The summed E-state index contributed by atoms with van der Waals surface area (Å²) < 4.78 is 28.3. The van der Waals surface area contributed by atoms with Gasteiger partial charge < -0.3 is 5.32 Å². The van der Waals surface area contributed by atoms with Gasteiger partial charge >= 0.3 is 0 Å². The van der Waals surface area contributed by atoms with Gasteiger partial charge in [0.15, 0.2) is 0 Å². The Kier molecular flexibility index (Phi) is 4.27. The lowest BCUT2D eigenvalue weighted by Crippen LogP contribution is -2.62. The Bertz CT molecular complexity index is 469. The minimum absolute atomic E-state index is 0.0740. The number of halogens is 2. The van der Waals surface area contributed by atoms with E-state index in [9.17, 15) is 8.78 Å². The van der Waals surface area contributed by atoms with Gasteiger partial charge in [0.1, 0.15) is 11.6 Å². The Morgan fingerprint density at radius 1 is 1.14 bits per heavy atom. The van der Waals surface area contributed by atoms with Crippen LogP contribution in [0.1, 0.15) is 50.6 Å². The van der Waals surface area contributed by atoms with Gasteiger partial charge in [-0.1, -0.05) is 25.3 Å². The number of nitrogens with zero attached hydrogens (tertiary/aromatic N) is 1. The molecule has 2 nitrogen and oxygen atoms in total. The van der Waals surface area contributed by atoms with E-state index in [0.717, 1.165) is 32.5 Å². The van der Waals surface area contributed by atoms with Crippen LogP contribution in [-0.4, -0.2) is 30.1 Å². The van der Waals surface area contributed by atoms with Crippen molar-refractivity contribution in [2.75, 3.05) is 19.6 Å². The van der Waals surface area contributed by atoms with Crippen molar-refractivity contribution in [1.29, 1.82) is 0 Å². The van der Waals surface area contributed by atoms with Crippen LogP contribution in [-0.2, 0) is 0 Å². The molecule has 116 valence electrons. The third-order valence-electron chi connectivity index (χ3n) is 5.26. The largest absolute Gasteiger partial charge is 0.314 e. The smallest absolute Gasteiger partial charge is 0.130 e. The average molecular weight is 294 g/mol. The highest BCUT2D eigenvalue weighted by molar-refractivity contribution is 5.24. The molecular formula is C17H24F2N2. The monoisotopic (exact) mass is 294 g/mol. The predicted octanol–water partition coefficient (Wildman–Crippen LogP) is 3.63. The fraction of sp³-hybridized carbons (Fsp3) is 0.647. The summed E-state index contributed by atoms with van der Waals surface area (Å²) in [6.45, 7) is 4.63. The molecular weight excluding hydrogens is 270 g/mol. The van der Waals surface area contributed by atoms with E-state index < -0.39 is 11.6 Å². The van der Waals surface area contributed by atoms with Crippen LogP contribution in [0.15, 0.2) is 18.2 Å². The van der Waals surface area contributed by atoms with Crippen molar-refractivity contribution < 1.29 is 8.78 Å². The normalized spacial score (nSPS) is 24.1. The molecule has 21 heavy (non-hydrogen) atoms. The summed E-state index contributed by atoms with van der Waals surface area (Å²) in [5.74, 6) is -0.848. The number of nitrogens with one attached hydrogen (secondary N) is 1. The summed E-state index contributed by atoms with van der Waals surface area (Å²) in [7, 11) is 0. The molecule has 2 fully saturated rings. The van der Waals surface area contributed by atoms with E-state index >= 15 is 0 Å². The number of piperazine rings is 1. The van der Waals surface area contributed by atoms with Crippen LogP contribution in [0.25, 0.3) is 0 Å². The molecule has 0 aromatic heterocycles. The average Bonchev–Trinajstić information content (AvgIpc) is 2.48. The van der Waals surface area contributed by atoms with E-state index in [1.54, 1.807) is 0 Å². The van der Waals surface area contributed by atoms with Crippen LogP contribution in [0.3, 0.4) is 0 Å². The molecule has 3 rings (SSSR count). The molecule has 1 N–H and O–H groups in total. The number of hydrogen-bond donors (Lipinski definition) is 1. The molecule has 1 atom stereocenters. The standard InChI is InChI=1S/C17H24F2N2/c1-13(16-14(18)6-5-7-15(16)19)21-11-10-20-12-17(21)8-3-2-4-9-17/h5-7,13,20H,2-4,8-12H2,1H3. The molecule has 1 saturated carbocycles. The van der Waals surface area contributed by atoms with Gasteiger partial charge in [-0.15, -0.1) is 0 Å². The maximum Gasteiger partial charge on any atom is 0.130 e. The quantitative estimate of drug-likeness (QED) is 0.896. The van der Waals surface area contributed by atoms with E-state index in [4.69, 9.17) is 0 Å². The minimum atomic E-state index is -0.424. The second-order valence-electron chi connectivity index (χ2n) is 6.47. The Morgan fingerprint density at radius 3 is 2.48 bits per heavy atom. The lowest BCUT2D eigenvalue weighted by Gasteiger charge is -2.52. The molecule has 1 aromatic carbocycles. The van der Waals surface area contributed by atoms with Crippen molar-refractivity contribution >= 4 is 0 Å². The van der Waals surface area contributed by atoms with Crippen molar-refractivity contribution in [3.8, 4) is 0 Å². The highest BCUT2D eigenvalue weighted by Gasteiger charge is 2.42. The highest BCUT2D eigenvalue weighted by Crippen LogP contribution is 2.40. The first-order valence-corrected chi connectivity index (χ1v) is 8.05. The van der Waals surface area contributed by atoms with E-state index in [-0.39, 0.29) is 17.1 Å². The molecule has 1 aliphatic carbocycles. The lowest BCUT2D eigenvalue weighted by molar-refractivity contribution is -0.00475. The zero-order valence-corrected chi connectivity index (χ0v) is 12.7. The number of hydrogen-bond acceptors (Lipinski definition) is 2. The molecule has 0 bridgehead atoms. The highest BCUT2D eigenvalue weighted by atomic mass is 19.1. The molecule has 2 aliphatic rings. The van der Waals surface area contributed by atoms with Crippen molar-refractivity contribution in [3.05, 3.63) is 35.4 Å². The first-order valence-electron chi connectivity index (χ1n) is 8.05. The number of rotatable bonds is 2. The van der Waals surface area contributed by atoms with Gasteiger partial charge in [-0.25, -0.2) is 8.78 Å². The fourth-order valence-corrected chi connectivity index (χ4v) is 4.20. The third kappa shape index (κ3) is 2.71. The molecule has 1 unspecified atom stereocenters. The minimum Gasteiger partial charge on any atom is -0.314 e. The van der Waals surface area contributed by atoms with Crippen molar-refractivity contribution in [3.63, 3.8) is 0 Å². The van der Waals surface area contributed by atoms with Crippen molar-refractivity contribution in [2.45, 2.75) is 50.6 Å². The Balaban J connectivity index is 1.92. The van der Waals surface area contributed by atoms with Crippen LogP contribution < -0.4 is 5.32 Å². The Hall–Kier alpha value is -1.00. The zero-order chi connectivity index (χ0) is 14.9. The van der Waals surface area contributed by atoms with Gasteiger partial charge in [0, 0.05) is 36.8 Å². The van der Waals surface area contributed by atoms with Crippen LogP contribution in [0.5, 0.6) is 0 Å². The SMILES string of the molecule is CC(c1c(F)cccc1F)N1CCNCC12CCCCC2. The Morgan fingerprint density at radius 2 is 1.81 bits per heavy atom. The van der Waals surface area contributed by atoms with Crippen LogP contribution in [0.4, 0.5) is 8.78 Å². The van der Waals surface area contributed by atoms with E-state index in [2.05, 4.69) is 10.2 Å². The van der Waals surface area contributed by atoms with Crippen molar-refractivity contribution in [2.24, 2.45) is 0 Å². The summed E-state index contributed by atoms with van der Waals surface area (Å²) in [4.78, 5) is 2.35. The summed E-state index contributed by atoms with van der Waals surface area (Å²) in [5, 5.41) is 3.48. The topological polar surface area (TPSA) is 15.3 Å². The van der Waals surface area contributed by atoms with Crippen LogP contribution >= 0.6 is 0 Å². The van der Waals surface area contributed by atoms with E-state index in [1.165, 1.54) is 37.5 Å². The van der Waals surface area contributed by atoms with E-state index in [1.807, 2.05) is 6.92 Å². The second-order valence-corrected chi connectivity index (χ2v) is 6.47. The lowest BCUT2D eigenvalue weighted by atomic mass is 9.78. The third-order valence-corrected chi connectivity index (χ3v) is 5.26. The molecule has 1 heterocycles. The molecule has 4 heteroatoms. The molecule has 1 aromatic rings. The van der Waals surface area contributed by atoms with Crippen LogP contribution in [0, 0.1) is 11.6 Å². The fourth-order valence-electron chi connectivity index (χ4n) is 4.20. The second kappa shape index (κ2) is 6.01. The summed E-state index contributed by atoms with van der Waals surface area (Å²) >= 11 is 0. The Labute approximate surface area is 125 Å². The molecule has 0 radical (unpaired) electrons. The maximum absolute atomic E-state index is 14.1. The zero-order valence-electron chi connectivity index (χ0n) is 12.7. The van der Waals surface area contributed by atoms with Gasteiger partial charge in [-0.3, -0.25) is 4.90 Å². The molecule has 1 aliphatic heterocycles. The van der Waals surface area contributed by atoms with Gasteiger partial charge in [-0.2, -0.15) is 0 Å². The predicted molar refractivity (Wildman–Crippen MR) is 80.2 cm³/mol. The van der Waals surface area contributed by atoms with Gasteiger partial charge in [0.25, 0.3) is 0 Å². The number of benzene rings is 1. The maximum atomic E-state index is 14.1. The summed E-state index contributed by atoms with van der Waals surface area (Å²) in [5.41, 5.74) is 0.300.